The predicted octanol–water partition coefficient (Wildman–Crippen LogP) is 5.71. The molecule has 0 spiro atoms. The molecule has 0 aliphatic rings. The van der Waals surface area contributed by atoms with Crippen LogP contribution in [-0.2, 0) is 0 Å². The molecule has 0 aliphatic heterocycles. The highest BCUT2D eigenvalue weighted by Crippen LogP contribution is 2.34. The first-order valence-corrected chi connectivity index (χ1v) is 11.0. The quantitative estimate of drug-likeness (QED) is 0.354. The van der Waals surface area contributed by atoms with Crippen molar-refractivity contribution in [3.8, 4) is 28.1 Å². The molecular formula is C26H25F3N4O2. The first kappa shape index (κ1) is 24.1. The summed E-state index contributed by atoms with van der Waals surface area (Å²) in [5.41, 5.74) is 5.31. The third kappa shape index (κ3) is 5.24. The fourth-order valence-electron chi connectivity index (χ4n) is 3.95. The van der Waals surface area contributed by atoms with Gasteiger partial charge in [-0.1, -0.05) is 24.3 Å². The number of hydrogen-bond acceptors (Lipinski definition) is 4. The number of pyridine rings is 1. The molecule has 4 aromatic rings. The molecule has 4 rings (SSSR count). The largest absolute Gasteiger partial charge is 0.496 e. The van der Waals surface area contributed by atoms with Gasteiger partial charge in [-0.3, -0.25) is 4.79 Å². The van der Waals surface area contributed by atoms with Crippen molar-refractivity contribution in [1.29, 1.82) is 0 Å². The van der Waals surface area contributed by atoms with Crippen molar-refractivity contribution in [3.05, 3.63) is 72.1 Å². The number of aryl methyl sites for hydroxylation is 1. The zero-order valence-corrected chi connectivity index (χ0v) is 19.5. The average Bonchev–Trinajstić information content (AvgIpc) is 3.27. The van der Waals surface area contributed by atoms with E-state index in [1.165, 1.54) is 0 Å². The van der Waals surface area contributed by atoms with Gasteiger partial charge in [-0.2, -0.15) is 13.2 Å². The number of imidazole rings is 1. The Kier molecular flexibility index (Phi) is 6.68. The molecule has 6 nitrogen and oxygen atoms in total. The number of nitrogens with zero attached hydrogens (tertiary/aromatic N) is 2. The number of rotatable bonds is 7. The number of halogens is 3. The highest BCUT2D eigenvalue weighted by molar-refractivity contribution is 5.96. The van der Waals surface area contributed by atoms with Crippen molar-refractivity contribution < 1.29 is 22.7 Å². The van der Waals surface area contributed by atoms with Gasteiger partial charge in [-0.05, 0) is 36.8 Å². The number of alkyl halides is 3. The summed E-state index contributed by atoms with van der Waals surface area (Å²) in [6.45, 7) is 1.56. The molecule has 0 unspecified atom stereocenters. The van der Waals surface area contributed by atoms with Gasteiger partial charge in [-0.25, -0.2) is 4.98 Å². The number of fused-ring (bicyclic) bond motifs is 1. The molecular weight excluding hydrogens is 457 g/mol. The second-order valence-corrected chi connectivity index (χ2v) is 8.10. The van der Waals surface area contributed by atoms with E-state index < -0.39 is 12.6 Å². The third-order valence-electron chi connectivity index (χ3n) is 5.69. The van der Waals surface area contributed by atoms with Crippen molar-refractivity contribution >= 4 is 17.2 Å². The number of hydrogen-bond donors (Lipinski definition) is 2. The number of ether oxygens (including phenoxy) is 1. The van der Waals surface area contributed by atoms with Crippen LogP contribution in [0, 0.1) is 6.92 Å². The van der Waals surface area contributed by atoms with E-state index in [-0.39, 0.29) is 12.5 Å². The molecule has 2 aromatic heterocycles. The zero-order valence-electron chi connectivity index (χ0n) is 19.5. The molecule has 182 valence electrons. The number of anilines is 1. The molecule has 0 bridgehead atoms. The summed E-state index contributed by atoms with van der Waals surface area (Å²) < 4.78 is 45.6. The molecule has 0 aliphatic carbocycles. The van der Waals surface area contributed by atoms with Crippen LogP contribution in [-0.4, -0.2) is 42.2 Å². The zero-order chi connectivity index (χ0) is 25.2. The Labute approximate surface area is 200 Å². The van der Waals surface area contributed by atoms with Crippen LogP contribution in [0.25, 0.3) is 28.0 Å². The summed E-state index contributed by atoms with van der Waals surface area (Å²) in [5, 5.41) is 5.52. The van der Waals surface area contributed by atoms with Crippen LogP contribution in [0.2, 0.25) is 0 Å². The Balaban J connectivity index is 1.80. The Morgan fingerprint density at radius 2 is 1.86 bits per heavy atom. The standard InChI is InChI=1S/C26H25F3N4O2/c1-16-12-17(8-9-19(16)25(34)30-2)22-15-33-14-18(20-6-4-5-7-23(20)35-3)13-21(24(33)32-22)31-11-10-26(27,28)29/h4-9,12-15,31H,10-11H2,1-3H3,(H,30,34). The topological polar surface area (TPSA) is 67.7 Å². The fraction of sp³-hybridized carbons (Fsp3) is 0.231. The summed E-state index contributed by atoms with van der Waals surface area (Å²) in [4.78, 5) is 16.7. The second kappa shape index (κ2) is 9.69. The van der Waals surface area contributed by atoms with E-state index in [1.807, 2.05) is 49.6 Å². The minimum absolute atomic E-state index is 0.179. The van der Waals surface area contributed by atoms with Crippen molar-refractivity contribution in [2.45, 2.75) is 19.5 Å². The van der Waals surface area contributed by atoms with Gasteiger partial charge in [0.25, 0.3) is 5.91 Å². The Morgan fingerprint density at radius 1 is 1.09 bits per heavy atom. The molecule has 2 aromatic carbocycles. The monoisotopic (exact) mass is 482 g/mol. The van der Waals surface area contributed by atoms with Crippen molar-refractivity contribution in [2.24, 2.45) is 0 Å². The summed E-state index contributed by atoms with van der Waals surface area (Å²) in [7, 11) is 3.14. The van der Waals surface area contributed by atoms with Crippen LogP contribution < -0.4 is 15.4 Å². The van der Waals surface area contributed by atoms with Crippen molar-refractivity contribution in [3.63, 3.8) is 0 Å². The number of para-hydroxylation sites is 1. The lowest BCUT2D eigenvalue weighted by Gasteiger charge is -2.13. The van der Waals surface area contributed by atoms with Crippen molar-refractivity contribution in [2.75, 3.05) is 26.0 Å². The van der Waals surface area contributed by atoms with E-state index >= 15 is 0 Å². The number of benzene rings is 2. The minimum atomic E-state index is -4.27. The number of methoxy groups -OCH3 is 1. The van der Waals surface area contributed by atoms with E-state index in [2.05, 4.69) is 10.6 Å². The first-order valence-electron chi connectivity index (χ1n) is 11.0. The van der Waals surface area contributed by atoms with E-state index in [4.69, 9.17) is 9.72 Å². The Morgan fingerprint density at radius 3 is 2.54 bits per heavy atom. The van der Waals surface area contributed by atoms with Gasteiger partial charge < -0.3 is 19.8 Å². The molecule has 35 heavy (non-hydrogen) atoms. The predicted molar refractivity (Wildman–Crippen MR) is 130 cm³/mol. The lowest BCUT2D eigenvalue weighted by Crippen LogP contribution is -2.18. The number of amides is 1. The van der Waals surface area contributed by atoms with E-state index in [9.17, 15) is 18.0 Å². The number of nitrogens with one attached hydrogen (secondary N) is 2. The van der Waals surface area contributed by atoms with Crippen molar-refractivity contribution in [1.82, 2.24) is 14.7 Å². The summed E-state index contributed by atoms with van der Waals surface area (Å²) in [5.74, 6) is 0.468. The normalized spacial score (nSPS) is 11.5. The molecule has 9 heteroatoms. The third-order valence-corrected chi connectivity index (χ3v) is 5.69. The SMILES string of the molecule is CNC(=O)c1ccc(-c2cn3cc(-c4ccccc4OC)cc(NCCC(F)(F)F)c3n2)cc1C. The molecule has 2 heterocycles. The van der Waals surface area contributed by atoms with Gasteiger partial charge in [0.15, 0.2) is 5.65 Å². The summed E-state index contributed by atoms with van der Waals surface area (Å²) in [6, 6.07) is 14.6. The minimum Gasteiger partial charge on any atom is -0.496 e. The van der Waals surface area contributed by atoms with Gasteiger partial charge in [-0.15, -0.1) is 0 Å². The molecule has 0 saturated carbocycles. The maximum atomic E-state index is 12.8. The van der Waals surface area contributed by atoms with Gasteiger partial charge in [0, 0.05) is 48.2 Å². The number of carbonyl (C=O) groups excluding carboxylic acids is 1. The van der Waals surface area contributed by atoms with Gasteiger partial charge in [0.1, 0.15) is 5.75 Å². The van der Waals surface area contributed by atoms with Crippen LogP contribution in [0.4, 0.5) is 18.9 Å². The maximum absolute atomic E-state index is 12.8. The van der Waals surface area contributed by atoms with E-state index in [0.717, 1.165) is 22.3 Å². The van der Waals surface area contributed by atoms with Gasteiger partial charge in [0.2, 0.25) is 0 Å². The molecule has 2 N–H and O–H groups in total. The van der Waals surface area contributed by atoms with Crippen LogP contribution in [0.5, 0.6) is 5.75 Å². The lowest BCUT2D eigenvalue weighted by molar-refractivity contribution is -0.131. The highest BCUT2D eigenvalue weighted by atomic mass is 19.4. The van der Waals surface area contributed by atoms with Crippen LogP contribution >= 0.6 is 0 Å². The molecule has 0 fully saturated rings. The molecule has 1 amide bonds. The summed E-state index contributed by atoms with van der Waals surface area (Å²) in [6.07, 6.45) is -1.55. The maximum Gasteiger partial charge on any atom is 0.390 e. The molecule has 0 radical (unpaired) electrons. The molecule has 0 saturated heterocycles. The van der Waals surface area contributed by atoms with Crippen LogP contribution in [0.1, 0.15) is 22.3 Å². The summed E-state index contributed by atoms with van der Waals surface area (Å²) >= 11 is 0. The second-order valence-electron chi connectivity index (χ2n) is 8.10. The van der Waals surface area contributed by atoms with E-state index in [1.54, 1.807) is 36.8 Å². The van der Waals surface area contributed by atoms with Gasteiger partial charge >= 0.3 is 6.18 Å². The smallest absolute Gasteiger partial charge is 0.390 e. The number of aromatic nitrogens is 2. The highest BCUT2D eigenvalue weighted by Gasteiger charge is 2.26. The fourth-order valence-corrected chi connectivity index (χ4v) is 3.95. The first-order chi connectivity index (χ1) is 16.7. The Hall–Kier alpha value is -4.01. The Bertz CT molecular complexity index is 1380. The lowest BCUT2D eigenvalue weighted by atomic mass is 10.0. The van der Waals surface area contributed by atoms with Crippen LogP contribution in [0.15, 0.2) is 60.9 Å². The molecule has 0 atom stereocenters. The van der Waals surface area contributed by atoms with E-state index in [0.29, 0.717) is 28.3 Å². The number of carbonyl (C=O) groups is 1. The van der Waals surface area contributed by atoms with Gasteiger partial charge in [0.05, 0.1) is 24.9 Å². The van der Waals surface area contributed by atoms with Crippen LogP contribution in [0.3, 0.4) is 0 Å². The average molecular weight is 483 g/mol.